The van der Waals surface area contributed by atoms with Gasteiger partial charge in [-0.25, -0.2) is 5.43 Å². The minimum Gasteiger partial charge on any atom is -0.272 e. The van der Waals surface area contributed by atoms with Gasteiger partial charge >= 0.3 is 0 Å². The number of carbonyl (C=O) groups is 1. The van der Waals surface area contributed by atoms with Crippen LogP contribution >= 0.6 is 35.0 Å². The van der Waals surface area contributed by atoms with Crippen molar-refractivity contribution in [1.82, 2.24) is 20.2 Å². The monoisotopic (exact) mass is 509 g/mol. The number of aryl methyl sites for hydroxylation is 2. The van der Waals surface area contributed by atoms with E-state index in [1.807, 2.05) is 66.9 Å². The zero-order valence-corrected chi connectivity index (χ0v) is 20.8. The average Bonchev–Trinajstić information content (AvgIpc) is 3.24. The smallest absolute Gasteiger partial charge is 0.250 e. The number of amides is 1. The second-order valence-corrected chi connectivity index (χ2v) is 9.32. The summed E-state index contributed by atoms with van der Waals surface area (Å²) in [6.07, 6.45) is 1.43. The molecule has 1 heterocycles. The highest BCUT2D eigenvalue weighted by molar-refractivity contribution is 7.99. The average molecular weight is 510 g/mol. The molecule has 3 aromatic carbocycles. The molecule has 4 aromatic rings. The predicted molar refractivity (Wildman–Crippen MR) is 139 cm³/mol. The first-order valence-electron chi connectivity index (χ1n) is 10.4. The zero-order valence-electron chi connectivity index (χ0n) is 18.5. The first-order chi connectivity index (χ1) is 16.4. The summed E-state index contributed by atoms with van der Waals surface area (Å²) in [4.78, 5) is 12.4. The maximum atomic E-state index is 12.4. The van der Waals surface area contributed by atoms with Crippen molar-refractivity contribution in [2.24, 2.45) is 5.10 Å². The number of rotatable bonds is 7. The van der Waals surface area contributed by atoms with Crippen LogP contribution in [0.2, 0.25) is 10.0 Å². The van der Waals surface area contributed by atoms with Crippen molar-refractivity contribution in [3.05, 3.63) is 93.5 Å². The Hall–Kier alpha value is -3.13. The van der Waals surface area contributed by atoms with Crippen LogP contribution < -0.4 is 5.43 Å². The lowest BCUT2D eigenvalue weighted by Gasteiger charge is -2.11. The summed E-state index contributed by atoms with van der Waals surface area (Å²) >= 11 is 13.5. The Labute approximate surface area is 212 Å². The standard InChI is InChI=1S/C25H21Cl2N5OS/c1-16-6-10-18(11-7-16)24-30-31-25(32(24)19-12-8-17(2)9-13-19)34-15-23(33)29-28-14-20-21(26)4-3-5-22(20)27/h3-14H,15H2,1-2H3,(H,29,33)/b28-14+. The number of hydrogen-bond acceptors (Lipinski definition) is 5. The number of benzene rings is 3. The highest BCUT2D eigenvalue weighted by Crippen LogP contribution is 2.28. The third-order valence-electron chi connectivity index (χ3n) is 4.95. The Kier molecular flexibility index (Phi) is 7.67. The largest absolute Gasteiger partial charge is 0.272 e. The maximum Gasteiger partial charge on any atom is 0.250 e. The summed E-state index contributed by atoms with van der Waals surface area (Å²) in [5.74, 6) is 0.517. The Morgan fingerprint density at radius 1 is 0.971 bits per heavy atom. The van der Waals surface area contributed by atoms with Gasteiger partial charge in [0.15, 0.2) is 11.0 Å². The lowest BCUT2D eigenvalue weighted by Crippen LogP contribution is -2.20. The zero-order chi connectivity index (χ0) is 24.1. The number of nitrogens with one attached hydrogen (secondary N) is 1. The van der Waals surface area contributed by atoms with Crippen molar-refractivity contribution in [3.8, 4) is 17.1 Å². The first-order valence-corrected chi connectivity index (χ1v) is 12.1. The maximum absolute atomic E-state index is 12.4. The molecule has 0 saturated carbocycles. The summed E-state index contributed by atoms with van der Waals surface area (Å²) in [6.45, 7) is 4.07. The van der Waals surface area contributed by atoms with Gasteiger partial charge in [0.05, 0.1) is 22.0 Å². The van der Waals surface area contributed by atoms with E-state index >= 15 is 0 Å². The van der Waals surface area contributed by atoms with E-state index in [-0.39, 0.29) is 11.7 Å². The van der Waals surface area contributed by atoms with Gasteiger partial charge in [-0.05, 0) is 38.1 Å². The molecular formula is C25H21Cl2N5OS. The molecule has 4 rings (SSSR count). The molecule has 0 aliphatic rings. The van der Waals surface area contributed by atoms with Crippen LogP contribution in [0.25, 0.3) is 17.1 Å². The normalized spacial score (nSPS) is 11.2. The van der Waals surface area contributed by atoms with Crippen LogP contribution in [0.4, 0.5) is 0 Å². The molecular weight excluding hydrogens is 489 g/mol. The van der Waals surface area contributed by atoms with Crippen LogP contribution in [-0.4, -0.2) is 32.6 Å². The highest BCUT2D eigenvalue weighted by atomic mass is 35.5. The molecule has 0 atom stereocenters. The number of aromatic nitrogens is 3. The Morgan fingerprint density at radius 2 is 1.59 bits per heavy atom. The molecule has 9 heteroatoms. The molecule has 0 bridgehead atoms. The van der Waals surface area contributed by atoms with E-state index in [0.717, 1.165) is 22.4 Å². The van der Waals surface area contributed by atoms with Crippen molar-refractivity contribution < 1.29 is 4.79 Å². The number of carbonyl (C=O) groups excluding carboxylic acids is 1. The van der Waals surface area contributed by atoms with E-state index in [2.05, 4.69) is 20.7 Å². The Balaban J connectivity index is 1.52. The van der Waals surface area contributed by atoms with E-state index in [4.69, 9.17) is 23.2 Å². The van der Waals surface area contributed by atoms with Crippen LogP contribution in [-0.2, 0) is 4.79 Å². The predicted octanol–water partition coefficient (Wildman–Crippen LogP) is 6.10. The lowest BCUT2D eigenvalue weighted by atomic mass is 10.1. The second-order valence-electron chi connectivity index (χ2n) is 7.56. The molecule has 0 aliphatic heterocycles. The molecule has 0 saturated heterocycles. The topological polar surface area (TPSA) is 72.2 Å². The SMILES string of the molecule is Cc1ccc(-c2nnc(SCC(=O)N/N=C/c3c(Cl)cccc3Cl)n2-c2ccc(C)cc2)cc1. The molecule has 6 nitrogen and oxygen atoms in total. The van der Waals surface area contributed by atoms with Gasteiger partial charge in [0.1, 0.15) is 0 Å². The molecule has 0 radical (unpaired) electrons. The van der Waals surface area contributed by atoms with Crippen molar-refractivity contribution in [3.63, 3.8) is 0 Å². The fourth-order valence-corrected chi connectivity index (χ4v) is 4.38. The van der Waals surface area contributed by atoms with Crippen molar-refractivity contribution in [1.29, 1.82) is 0 Å². The fraction of sp³-hybridized carbons (Fsp3) is 0.120. The molecule has 1 aromatic heterocycles. The Morgan fingerprint density at radius 3 is 2.24 bits per heavy atom. The molecule has 1 N–H and O–H groups in total. The van der Waals surface area contributed by atoms with Crippen molar-refractivity contribution in [2.75, 3.05) is 5.75 Å². The molecule has 0 aliphatic carbocycles. The highest BCUT2D eigenvalue weighted by Gasteiger charge is 2.17. The second kappa shape index (κ2) is 10.9. The molecule has 34 heavy (non-hydrogen) atoms. The lowest BCUT2D eigenvalue weighted by molar-refractivity contribution is -0.118. The number of hydrazone groups is 1. The van der Waals surface area contributed by atoms with E-state index in [1.165, 1.54) is 18.0 Å². The number of nitrogens with zero attached hydrogens (tertiary/aromatic N) is 4. The van der Waals surface area contributed by atoms with Gasteiger partial charge in [0.2, 0.25) is 0 Å². The van der Waals surface area contributed by atoms with E-state index in [0.29, 0.717) is 26.6 Å². The van der Waals surface area contributed by atoms with Crippen LogP contribution in [0.1, 0.15) is 16.7 Å². The first kappa shape index (κ1) is 24.0. The number of thioether (sulfide) groups is 1. The van der Waals surface area contributed by atoms with E-state index in [9.17, 15) is 4.79 Å². The van der Waals surface area contributed by atoms with Gasteiger partial charge in [-0.2, -0.15) is 5.10 Å². The molecule has 0 unspecified atom stereocenters. The van der Waals surface area contributed by atoms with Gasteiger partial charge < -0.3 is 0 Å². The summed E-state index contributed by atoms with van der Waals surface area (Å²) in [6, 6.07) is 21.3. The molecule has 0 spiro atoms. The quantitative estimate of drug-likeness (QED) is 0.185. The van der Waals surface area contributed by atoms with Gasteiger partial charge in [-0.1, -0.05) is 88.6 Å². The van der Waals surface area contributed by atoms with Gasteiger partial charge in [0.25, 0.3) is 5.91 Å². The number of halogens is 2. The van der Waals surface area contributed by atoms with Crippen LogP contribution in [0, 0.1) is 13.8 Å². The van der Waals surface area contributed by atoms with Gasteiger partial charge in [-0.3, -0.25) is 9.36 Å². The minimum atomic E-state index is -0.292. The van der Waals surface area contributed by atoms with Gasteiger partial charge in [0, 0.05) is 16.8 Å². The van der Waals surface area contributed by atoms with Crippen molar-refractivity contribution >= 4 is 47.1 Å². The molecule has 0 fully saturated rings. The fourth-order valence-electron chi connectivity index (χ4n) is 3.14. The third kappa shape index (κ3) is 5.67. The van der Waals surface area contributed by atoms with Crippen LogP contribution in [0.5, 0.6) is 0 Å². The van der Waals surface area contributed by atoms with Crippen LogP contribution in [0.15, 0.2) is 77.0 Å². The minimum absolute atomic E-state index is 0.103. The summed E-state index contributed by atoms with van der Waals surface area (Å²) < 4.78 is 1.95. The summed E-state index contributed by atoms with van der Waals surface area (Å²) in [7, 11) is 0. The van der Waals surface area contributed by atoms with E-state index in [1.54, 1.807) is 18.2 Å². The Bertz CT molecular complexity index is 1310. The van der Waals surface area contributed by atoms with Crippen LogP contribution in [0.3, 0.4) is 0 Å². The molecule has 1 amide bonds. The summed E-state index contributed by atoms with van der Waals surface area (Å²) in [5, 5.41) is 14.3. The number of hydrogen-bond donors (Lipinski definition) is 1. The van der Waals surface area contributed by atoms with Crippen molar-refractivity contribution in [2.45, 2.75) is 19.0 Å². The van der Waals surface area contributed by atoms with Gasteiger partial charge in [-0.15, -0.1) is 10.2 Å². The molecule has 172 valence electrons. The van der Waals surface area contributed by atoms with E-state index < -0.39 is 0 Å². The third-order valence-corrected chi connectivity index (χ3v) is 6.54. The summed E-state index contributed by atoms with van der Waals surface area (Å²) in [5.41, 5.74) is 7.22.